The highest BCUT2D eigenvalue weighted by Gasteiger charge is 2.27. The van der Waals surface area contributed by atoms with Gasteiger partial charge in [-0.25, -0.2) is 19.0 Å². The van der Waals surface area contributed by atoms with Gasteiger partial charge in [-0.05, 0) is 73.1 Å². The molecule has 0 saturated heterocycles. The van der Waals surface area contributed by atoms with Crippen LogP contribution in [-0.4, -0.2) is 49.4 Å². The molecule has 3 rings (SSSR count). The predicted molar refractivity (Wildman–Crippen MR) is 168 cm³/mol. The Hall–Kier alpha value is -3.55. The van der Waals surface area contributed by atoms with Gasteiger partial charge in [0, 0.05) is 18.2 Å². The van der Waals surface area contributed by atoms with E-state index < -0.39 is 46.2 Å². The number of pyridine rings is 1. The number of carbonyl (C=O) groups excluding carboxylic acids is 3. The summed E-state index contributed by atoms with van der Waals surface area (Å²) < 4.78 is 26.3. The van der Waals surface area contributed by atoms with Crippen LogP contribution in [0.1, 0.15) is 60.1 Å². The van der Waals surface area contributed by atoms with Crippen LogP contribution in [0.3, 0.4) is 0 Å². The third-order valence-electron chi connectivity index (χ3n) is 5.35. The van der Waals surface area contributed by atoms with Crippen LogP contribution in [0.15, 0.2) is 47.5 Å². The van der Waals surface area contributed by atoms with Crippen LogP contribution in [0.2, 0.25) is 5.15 Å². The molecule has 0 saturated carbocycles. The van der Waals surface area contributed by atoms with Crippen LogP contribution >= 0.6 is 22.9 Å². The Morgan fingerprint density at radius 3 is 2.33 bits per heavy atom. The van der Waals surface area contributed by atoms with Gasteiger partial charge in [-0.3, -0.25) is 14.3 Å². The number of nitrogens with one attached hydrogen (secondary N) is 3. The largest absolute Gasteiger partial charge is 0.460 e. The molecule has 14 heteroatoms. The second kappa shape index (κ2) is 14.3. The average molecular weight is 650 g/mol. The van der Waals surface area contributed by atoms with Crippen molar-refractivity contribution in [1.29, 1.82) is 0 Å². The molecule has 2 aromatic heterocycles. The molecule has 3 aromatic rings. The molecule has 2 amide bonds. The number of benzene rings is 1. The van der Waals surface area contributed by atoms with E-state index in [1.54, 1.807) is 85.0 Å². The monoisotopic (exact) mass is 649 g/mol. The Labute approximate surface area is 262 Å². The van der Waals surface area contributed by atoms with Gasteiger partial charge in [0.1, 0.15) is 28.2 Å². The summed E-state index contributed by atoms with van der Waals surface area (Å²) in [5, 5.41) is 5.68. The van der Waals surface area contributed by atoms with Gasteiger partial charge in [0.05, 0.1) is 21.2 Å². The minimum Gasteiger partial charge on any atom is -0.460 e. The zero-order valence-electron chi connectivity index (χ0n) is 25.1. The Balaban J connectivity index is 1.77. The summed E-state index contributed by atoms with van der Waals surface area (Å²) in [6, 6.07) is 9.46. The van der Waals surface area contributed by atoms with Gasteiger partial charge in [0.25, 0.3) is 0 Å². The first kappa shape index (κ1) is 33.9. The van der Waals surface area contributed by atoms with E-state index in [2.05, 4.69) is 25.3 Å². The fourth-order valence-corrected chi connectivity index (χ4v) is 5.66. The smallest absolute Gasteiger partial charge is 0.408 e. The third-order valence-corrected chi connectivity index (χ3v) is 7.88. The van der Waals surface area contributed by atoms with Gasteiger partial charge in [0.2, 0.25) is 5.91 Å². The zero-order chi connectivity index (χ0) is 31.9. The predicted octanol–water partition coefficient (Wildman–Crippen LogP) is 6.26. The summed E-state index contributed by atoms with van der Waals surface area (Å²) in [5.41, 5.74) is 0.130. The van der Waals surface area contributed by atoms with Gasteiger partial charge in [0.15, 0.2) is 10.3 Å². The zero-order valence-corrected chi connectivity index (χ0v) is 27.5. The van der Waals surface area contributed by atoms with E-state index in [0.29, 0.717) is 26.7 Å². The van der Waals surface area contributed by atoms with E-state index in [1.807, 2.05) is 6.07 Å². The van der Waals surface area contributed by atoms with Crippen LogP contribution in [0.4, 0.5) is 15.6 Å². The van der Waals surface area contributed by atoms with Crippen molar-refractivity contribution in [2.75, 3.05) is 10.0 Å². The molecule has 3 N–H and O–H groups in total. The highest BCUT2D eigenvalue weighted by Crippen LogP contribution is 2.35. The Morgan fingerprint density at radius 1 is 1.05 bits per heavy atom. The highest BCUT2D eigenvalue weighted by molar-refractivity contribution is 7.86. The maximum atomic E-state index is 13.3. The number of hydrogen-bond donors (Lipinski definition) is 3. The number of ether oxygens (including phenoxy) is 2. The second-order valence-corrected chi connectivity index (χ2v) is 14.1. The number of alkyl carbamates (subject to hydrolysis) is 1. The van der Waals surface area contributed by atoms with Gasteiger partial charge in [-0.15, -0.1) is 0 Å². The summed E-state index contributed by atoms with van der Waals surface area (Å²) in [7, 11) is -1.57. The summed E-state index contributed by atoms with van der Waals surface area (Å²) >= 11 is 7.46. The first-order chi connectivity index (χ1) is 20.0. The van der Waals surface area contributed by atoms with Crippen molar-refractivity contribution in [2.24, 2.45) is 0 Å². The fourth-order valence-electron chi connectivity index (χ4n) is 3.63. The molecule has 43 heavy (non-hydrogen) atoms. The SMILES string of the molecule is Cc1nc(NC(=O)[C@H](CCC(=O)OC(C)(C)C)NC(=O)OC(C)(C)C)sc1-c1cnc(Cl)c(NS(=O)c2ccccc2)c1. The summed E-state index contributed by atoms with van der Waals surface area (Å²) in [4.78, 5) is 48.0. The maximum absolute atomic E-state index is 13.3. The van der Waals surface area contributed by atoms with E-state index in [4.69, 9.17) is 21.1 Å². The lowest BCUT2D eigenvalue weighted by atomic mass is 10.1. The van der Waals surface area contributed by atoms with Gasteiger partial charge in [-0.1, -0.05) is 41.1 Å². The molecular formula is C29H36ClN5O6S2. The Morgan fingerprint density at radius 2 is 1.70 bits per heavy atom. The van der Waals surface area contributed by atoms with E-state index in [0.717, 1.165) is 0 Å². The molecular weight excluding hydrogens is 614 g/mol. The van der Waals surface area contributed by atoms with Gasteiger partial charge in [-0.2, -0.15) is 0 Å². The number of nitrogens with zero attached hydrogens (tertiary/aromatic N) is 2. The molecule has 1 aromatic carbocycles. The van der Waals surface area contributed by atoms with Crippen LogP contribution in [0.5, 0.6) is 0 Å². The van der Waals surface area contributed by atoms with Crippen molar-refractivity contribution in [3.05, 3.63) is 53.4 Å². The number of carbonyl (C=O) groups is 3. The molecule has 11 nitrogen and oxygen atoms in total. The quantitative estimate of drug-likeness (QED) is 0.172. The molecule has 0 spiro atoms. The van der Waals surface area contributed by atoms with Crippen molar-refractivity contribution in [3.63, 3.8) is 0 Å². The minimum absolute atomic E-state index is 0.0219. The van der Waals surface area contributed by atoms with E-state index in [-0.39, 0.29) is 23.1 Å². The lowest BCUT2D eigenvalue weighted by Gasteiger charge is -2.24. The average Bonchev–Trinajstić information content (AvgIpc) is 3.25. The topological polar surface area (TPSA) is 149 Å². The number of rotatable bonds is 10. The third kappa shape index (κ3) is 10.9. The molecule has 2 heterocycles. The lowest BCUT2D eigenvalue weighted by molar-refractivity contribution is -0.155. The Bertz CT molecular complexity index is 1480. The highest BCUT2D eigenvalue weighted by atomic mass is 35.5. The van der Waals surface area contributed by atoms with Crippen molar-refractivity contribution < 1.29 is 28.1 Å². The molecule has 2 atom stereocenters. The summed E-state index contributed by atoms with van der Waals surface area (Å²) in [6.45, 7) is 12.1. The number of aryl methyl sites for hydroxylation is 1. The number of thiazole rings is 1. The molecule has 0 fully saturated rings. The number of aromatic nitrogens is 2. The van der Waals surface area contributed by atoms with Crippen LogP contribution in [0.25, 0.3) is 10.4 Å². The minimum atomic E-state index is -1.57. The van der Waals surface area contributed by atoms with Gasteiger partial charge < -0.3 is 20.1 Å². The summed E-state index contributed by atoms with van der Waals surface area (Å²) in [5.74, 6) is -1.08. The molecule has 0 aliphatic carbocycles. The maximum Gasteiger partial charge on any atom is 0.408 e. The first-order valence-corrected chi connectivity index (χ1v) is 15.7. The standard InChI is InChI=1S/C29H36ClN5O6S2/c1-17-23(18-15-21(24(30)31-16-18)35-43(39)19-11-9-8-10-12-19)42-26(32-17)34-25(37)20(33-27(38)41-29(5,6)7)13-14-22(36)40-28(2,3)4/h8-12,15-16,20,35H,13-14H2,1-7H3,(H,33,38)(H,32,34,37)/t20-,43?/m0/s1. The van der Waals surface area contributed by atoms with Crippen molar-refractivity contribution in [1.82, 2.24) is 15.3 Å². The molecule has 0 aliphatic heterocycles. The molecule has 0 radical (unpaired) electrons. The molecule has 0 aliphatic rings. The normalized spacial score (nSPS) is 13.0. The lowest BCUT2D eigenvalue weighted by Crippen LogP contribution is -2.46. The van der Waals surface area contributed by atoms with Crippen molar-refractivity contribution >= 4 is 62.7 Å². The first-order valence-electron chi connectivity index (χ1n) is 13.4. The van der Waals surface area contributed by atoms with Crippen molar-refractivity contribution in [3.8, 4) is 10.4 Å². The van der Waals surface area contributed by atoms with Crippen LogP contribution < -0.4 is 15.4 Å². The Kier molecular flexibility index (Phi) is 11.3. The molecule has 232 valence electrons. The number of anilines is 2. The fraction of sp³-hybridized carbons (Fsp3) is 0.414. The molecule has 0 bridgehead atoms. The van der Waals surface area contributed by atoms with E-state index in [9.17, 15) is 18.6 Å². The number of esters is 1. The number of amides is 2. The van der Waals surface area contributed by atoms with E-state index >= 15 is 0 Å². The molecule has 1 unspecified atom stereocenters. The van der Waals surface area contributed by atoms with Gasteiger partial charge >= 0.3 is 12.1 Å². The summed E-state index contributed by atoms with van der Waals surface area (Å²) in [6.07, 6.45) is 0.627. The second-order valence-electron chi connectivity index (χ2n) is 11.5. The van der Waals surface area contributed by atoms with Crippen molar-refractivity contribution in [2.45, 2.75) is 83.4 Å². The van der Waals surface area contributed by atoms with Crippen LogP contribution in [0, 0.1) is 6.92 Å². The van der Waals surface area contributed by atoms with Crippen LogP contribution in [-0.2, 0) is 30.0 Å². The number of hydrogen-bond acceptors (Lipinski definition) is 9. The van der Waals surface area contributed by atoms with E-state index in [1.165, 1.54) is 11.3 Å². The number of halogens is 1.